The minimum atomic E-state index is -1.74. The normalized spacial score (nSPS) is 53.8. The molecule has 5 aliphatic heterocycles. The van der Waals surface area contributed by atoms with Crippen molar-refractivity contribution in [2.45, 2.75) is 240 Å². The van der Waals surface area contributed by atoms with Gasteiger partial charge in [0.1, 0.15) is 103 Å². The van der Waals surface area contributed by atoms with Crippen LogP contribution >= 0.6 is 0 Å². The molecule has 5 saturated heterocycles. The van der Waals surface area contributed by atoms with Gasteiger partial charge in [-0.2, -0.15) is 0 Å². The number of fused-ring (bicyclic) bond motifs is 7. The fourth-order valence-corrected chi connectivity index (χ4v) is 15.0. The van der Waals surface area contributed by atoms with Crippen LogP contribution in [0.3, 0.4) is 0 Å². The van der Waals surface area contributed by atoms with Gasteiger partial charge in [0.15, 0.2) is 25.2 Å². The standard InChI is InChI=1S/C53H86O22/c1-22(21-67-47-40(62)39(61)36(58)31(19-54)72-47)9-8-10-33-53(6,66-7)46-30(71-33)18-29-27-12-11-25-17-26(13-15-51(25,4)28(27)14-16-52(29,46)5)70-50-45(75-49-42(64)38(60)35(57)24(3)69-49)43(65)44(32(20-55)73-50)74-48-41(63)37(59)34(56)23(2)68-48/h10-11,22-24,26-32,34-50,54-65H,8-9,12-21H2,1-7H3. The molecule has 0 bridgehead atoms. The Morgan fingerprint density at radius 3 is 1.89 bits per heavy atom. The summed E-state index contributed by atoms with van der Waals surface area (Å²) in [6, 6.07) is 0. The zero-order valence-electron chi connectivity index (χ0n) is 44.2. The van der Waals surface area contributed by atoms with Crippen molar-refractivity contribution in [2.75, 3.05) is 26.9 Å². The zero-order valence-corrected chi connectivity index (χ0v) is 44.2. The van der Waals surface area contributed by atoms with Gasteiger partial charge in [-0.3, -0.25) is 0 Å². The molecule has 5 heterocycles. The van der Waals surface area contributed by atoms with Gasteiger partial charge < -0.3 is 109 Å². The summed E-state index contributed by atoms with van der Waals surface area (Å²) in [5, 5.41) is 127. The summed E-state index contributed by atoms with van der Waals surface area (Å²) < 4.78 is 61.4. The zero-order chi connectivity index (χ0) is 54.2. The van der Waals surface area contributed by atoms with Crippen LogP contribution in [0.4, 0.5) is 0 Å². The lowest BCUT2D eigenvalue weighted by atomic mass is 9.46. The van der Waals surface area contributed by atoms with E-state index in [1.54, 1.807) is 7.11 Å². The first-order chi connectivity index (χ1) is 35.5. The Morgan fingerprint density at radius 1 is 0.667 bits per heavy atom. The van der Waals surface area contributed by atoms with Gasteiger partial charge in [-0.25, -0.2) is 0 Å². The van der Waals surface area contributed by atoms with E-state index in [-0.39, 0.29) is 35.4 Å². The predicted octanol–water partition coefficient (Wildman–Crippen LogP) is -1.02. The van der Waals surface area contributed by atoms with E-state index < -0.39 is 148 Å². The average Bonchev–Trinajstić information content (AvgIpc) is 3.86. The number of methoxy groups -OCH3 is 1. The first kappa shape index (κ1) is 58.1. The number of aliphatic hydroxyl groups is 12. The van der Waals surface area contributed by atoms with E-state index >= 15 is 0 Å². The molecule has 12 N–H and O–H groups in total. The van der Waals surface area contributed by atoms with Crippen molar-refractivity contribution in [2.24, 2.45) is 40.4 Å². The molecule has 0 aromatic carbocycles. The number of allylic oxidation sites excluding steroid dienone is 2. The topological polar surface area (TPSA) is 335 Å². The molecule has 75 heavy (non-hydrogen) atoms. The lowest BCUT2D eigenvalue weighted by Gasteiger charge is -2.59. The highest BCUT2D eigenvalue weighted by Gasteiger charge is 2.69. The molecule has 4 aliphatic carbocycles. The van der Waals surface area contributed by atoms with Crippen LogP contribution in [0, 0.1) is 40.4 Å². The van der Waals surface area contributed by atoms with Crippen molar-refractivity contribution >= 4 is 0 Å². The summed E-state index contributed by atoms with van der Waals surface area (Å²) in [4.78, 5) is 0. The summed E-state index contributed by atoms with van der Waals surface area (Å²) in [6.45, 7) is 11.0. The third-order valence-corrected chi connectivity index (χ3v) is 19.6. The van der Waals surface area contributed by atoms with Gasteiger partial charge in [0, 0.05) is 13.0 Å². The monoisotopic (exact) mass is 1070 g/mol. The Labute approximate surface area is 438 Å². The van der Waals surface area contributed by atoms with Gasteiger partial charge in [0.05, 0.1) is 38.1 Å². The van der Waals surface area contributed by atoms with Gasteiger partial charge in [-0.05, 0) is 119 Å². The molecule has 0 radical (unpaired) electrons. The summed E-state index contributed by atoms with van der Waals surface area (Å²) in [6.07, 6.45) is -17.3. The van der Waals surface area contributed by atoms with Crippen molar-refractivity contribution in [1.82, 2.24) is 0 Å². The first-order valence-corrected chi connectivity index (χ1v) is 27.3. The number of ether oxygens (including phenoxy) is 10. The number of hydrogen-bond donors (Lipinski definition) is 12. The van der Waals surface area contributed by atoms with Crippen LogP contribution < -0.4 is 0 Å². The molecule has 0 aromatic rings. The Bertz CT molecular complexity index is 2000. The lowest BCUT2D eigenvalue weighted by molar-refractivity contribution is -0.388. The van der Waals surface area contributed by atoms with Crippen LogP contribution in [0.2, 0.25) is 0 Å². The molecule has 22 nitrogen and oxygen atoms in total. The van der Waals surface area contributed by atoms with E-state index in [9.17, 15) is 61.3 Å². The highest BCUT2D eigenvalue weighted by atomic mass is 16.8. The SMILES string of the molecule is COC1(C)C(=CCCC(C)COC2OC(CO)C(O)C(O)C2O)OC2CC3C4CC=C5CC(OC6OC(CO)C(OC7OC(C)C(O)C(O)C7O)C(O)C6OC6OC(C)C(O)C(O)C6O)CCC5(C)C4CCC3(C)C21. The second-order valence-electron chi connectivity index (χ2n) is 24.0. The summed E-state index contributed by atoms with van der Waals surface area (Å²) >= 11 is 0. The first-order valence-electron chi connectivity index (χ1n) is 27.3. The molecule has 430 valence electrons. The molecule has 9 rings (SSSR count). The maximum absolute atomic E-state index is 12.1. The van der Waals surface area contributed by atoms with Crippen LogP contribution in [-0.4, -0.2) is 229 Å². The fraction of sp³-hybridized carbons (Fsp3) is 0.925. The van der Waals surface area contributed by atoms with Gasteiger partial charge in [-0.1, -0.05) is 32.4 Å². The largest absolute Gasteiger partial charge is 0.492 e. The van der Waals surface area contributed by atoms with E-state index in [1.165, 1.54) is 19.4 Å². The summed E-state index contributed by atoms with van der Waals surface area (Å²) in [5.41, 5.74) is 0.462. The maximum atomic E-state index is 12.1. The van der Waals surface area contributed by atoms with E-state index in [2.05, 4.69) is 32.9 Å². The average molecular weight is 1080 g/mol. The smallest absolute Gasteiger partial charge is 0.187 e. The molecule has 30 unspecified atom stereocenters. The van der Waals surface area contributed by atoms with E-state index in [0.29, 0.717) is 37.0 Å². The quantitative estimate of drug-likeness (QED) is 0.0874. The van der Waals surface area contributed by atoms with Crippen molar-refractivity contribution < 1.29 is 109 Å². The second kappa shape index (κ2) is 22.8. The van der Waals surface area contributed by atoms with Crippen molar-refractivity contribution in [3.63, 3.8) is 0 Å². The highest BCUT2D eigenvalue weighted by molar-refractivity contribution is 5.30. The van der Waals surface area contributed by atoms with E-state index in [0.717, 1.165) is 44.3 Å². The number of hydrogen-bond acceptors (Lipinski definition) is 22. The van der Waals surface area contributed by atoms with Gasteiger partial charge in [-0.15, -0.1) is 0 Å². The minimum Gasteiger partial charge on any atom is -0.492 e. The van der Waals surface area contributed by atoms with Crippen LogP contribution in [0.25, 0.3) is 0 Å². The fourth-order valence-electron chi connectivity index (χ4n) is 15.0. The summed E-state index contributed by atoms with van der Waals surface area (Å²) in [7, 11) is 1.76. The van der Waals surface area contributed by atoms with Gasteiger partial charge >= 0.3 is 0 Å². The molecular formula is C53H86O22. The van der Waals surface area contributed by atoms with Crippen molar-refractivity contribution in [3.8, 4) is 0 Å². The van der Waals surface area contributed by atoms with Gasteiger partial charge in [0.2, 0.25) is 0 Å². The van der Waals surface area contributed by atoms with Crippen LogP contribution in [0.15, 0.2) is 23.5 Å². The van der Waals surface area contributed by atoms with Crippen LogP contribution in [0.1, 0.15) is 99.3 Å². The maximum Gasteiger partial charge on any atom is 0.187 e. The Hall–Kier alpha value is -1.56. The molecule has 30 atom stereocenters. The highest BCUT2D eigenvalue weighted by Crippen LogP contribution is 2.70. The lowest BCUT2D eigenvalue weighted by Crippen LogP contribution is -2.66. The summed E-state index contributed by atoms with van der Waals surface area (Å²) in [5.74, 6) is 2.23. The number of aliphatic hydroxyl groups excluding tert-OH is 12. The predicted molar refractivity (Wildman–Crippen MR) is 258 cm³/mol. The van der Waals surface area contributed by atoms with Crippen LogP contribution in [0.5, 0.6) is 0 Å². The molecular weight excluding hydrogens is 989 g/mol. The molecule has 22 heteroatoms. The van der Waals surface area contributed by atoms with Crippen molar-refractivity contribution in [3.05, 3.63) is 23.5 Å². The second-order valence-corrected chi connectivity index (χ2v) is 24.0. The third kappa shape index (κ3) is 10.5. The molecule has 3 saturated carbocycles. The van der Waals surface area contributed by atoms with Crippen LogP contribution in [-0.2, 0) is 47.4 Å². The van der Waals surface area contributed by atoms with Crippen molar-refractivity contribution in [1.29, 1.82) is 0 Å². The van der Waals surface area contributed by atoms with Gasteiger partial charge in [0.25, 0.3) is 0 Å². The third-order valence-electron chi connectivity index (χ3n) is 19.6. The minimum absolute atomic E-state index is 0.0158. The van der Waals surface area contributed by atoms with E-state index in [4.69, 9.17) is 47.4 Å². The molecule has 0 amide bonds. The molecule has 8 fully saturated rings. The molecule has 0 spiro atoms. The molecule has 9 aliphatic rings. The Balaban J connectivity index is 0.855. The van der Waals surface area contributed by atoms with E-state index in [1.807, 2.05) is 6.92 Å². The Kier molecular flexibility index (Phi) is 17.6. The number of rotatable bonds is 15. The molecule has 0 aromatic heterocycles. The Morgan fingerprint density at radius 2 is 1.27 bits per heavy atom.